The van der Waals surface area contributed by atoms with E-state index in [0.717, 1.165) is 31.7 Å². The smallest absolute Gasteiger partial charge is 0.220 e. The number of fused-ring (bicyclic) bond motifs is 2. The number of hydrogen-bond acceptors (Lipinski definition) is 2. The molecule has 0 saturated heterocycles. The minimum Gasteiger partial charge on any atom is -0.353 e. The third-order valence-corrected chi connectivity index (χ3v) is 5.36. The Balaban J connectivity index is 0.00000208. The lowest BCUT2D eigenvalue weighted by atomic mass is 9.67. The molecule has 2 aliphatic rings. The number of carbonyl (C=O) groups excluding carboxylic acids is 1. The molecule has 0 aliphatic heterocycles. The monoisotopic (exact) mass is 358 g/mol. The fraction of sp³-hybridized carbons (Fsp3) is 0.611. The minimum absolute atomic E-state index is 0. The van der Waals surface area contributed by atoms with Crippen molar-refractivity contribution >= 4 is 18.3 Å². The summed E-state index contributed by atoms with van der Waals surface area (Å²) in [6, 6.07) is 4.54. The molecule has 2 aliphatic carbocycles. The average molecular weight is 359 g/mol. The van der Waals surface area contributed by atoms with Gasteiger partial charge in [-0.1, -0.05) is 18.6 Å². The minimum atomic E-state index is -0.862. The van der Waals surface area contributed by atoms with Gasteiger partial charge in [0.25, 0.3) is 0 Å². The highest BCUT2D eigenvalue weighted by Gasteiger charge is 2.39. The molecule has 6 heteroatoms. The fourth-order valence-corrected chi connectivity index (χ4v) is 4.27. The Morgan fingerprint density at radius 2 is 1.88 bits per heavy atom. The average Bonchev–Trinajstić information content (AvgIpc) is 2.50. The predicted octanol–water partition coefficient (Wildman–Crippen LogP) is 3.34. The van der Waals surface area contributed by atoms with Crippen LogP contribution < -0.4 is 11.1 Å². The van der Waals surface area contributed by atoms with Crippen molar-refractivity contribution in [1.29, 1.82) is 0 Å². The largest absolute Gasteiger partial charge is 0.353 e. The fourth-order valence-electron chi connectivity index (χ4n) is 4.27. The quantitative estimate of drug-likeness (QED) is 0.867. The van der Waals surface area contributed by atoms with Crippen molar-refractivity contribution in [1.82, 2.24) is 5.32 Å². The van der Waals surface area contributed by atoms with E-state index in [1.807, 2.05) is 0 Å². The van der Waals surface area contributed by atoms with Crippen LogP contribution in [0.2, 0.25) is 0 Å². The first-order chi connectivity index (χ1) is 11.0. The first-order valence-corrected chi connectivity index (χ1v) is 8.52. The van der Waals surface area contributed by atoms with Crippen molar-refractivity contribution < 1.29 is 13.6 Å². The maximum atomic E-state index is 13.6. The van der Waals surface area contributed by atoms with E-state index in [0.29, 0.717) is 11.8 Å². The van der Waals surface area contributed by atoms with Crippen LogP contribution in [0.25, 0.3) is 0 Å². The molecular formula is C18H25ClF2N2O. The van der Waals surface area contributed by atoms with Crippen LogP contribution in [0.5, 0.6) is 0 Å². The number of nitrogens with two attached hydrogens (primary N) is 1. The van der Waals surface area contributed by atoms with E-state index < -0.39 is 11.6 Å². The van der Waals surface area contributed by atoms with Gasteiger partial charge in [-0.05, 0) is 55.6 Å². The van der Waals surface area contributed by atoms with Crippen molar-refractivity contribution in [2.75, 3.05) is 0 Å². The molecule has 2 fully saturated rings. The highest BCUT2D eigenvalue weighted by molar-refractivity contribution is 5.85. The Hall–Kier alpha value is -1.20. The molecular weight excluding hydrogens is 334 g/mol. The summed E-state index contributed by atoms with van der Waals surface area (Å²) < 4.78 is 26.8. The first kappa shape index (κ1) is 19.1. The number of rotatable bonds is 4. The Morgan fingerprint density at radius 3 is 2.54 bits per heavy atom. The van der Waals surface area contributed by atoms with E-state index in [2.05, 4.69) is 5.32 Å². The Labute approximate surface area is 147 Å². The van der Waals surface area contributed by atoms with E-state index in [-0.39, 0.29) is 48.8 Å². The summed E-state index contributed by atoms with van der Waals surface area (Å²) in [5.41, 5.74) is 6.35. The van der Waals surface area contributed by atoms with Gasteiger partial charge in [0.1, 0.15) is 0 Å². The zero-order valence-corrected chi connectivity index (χ0v) is 14.5. The van der Waals surface area contributed by atoms with Crippen molar-refractivity contribution in [3.8, 4) is 0 Å². The van der Waals surface area contributed by atoms with Gasteiger partial charge in [-0.25, -0.2) is 8.78 Å². The molecule has 1 aromatic rings. The maximum Gasteiger partial charge on any atom is 0.220 e. The Kier molecular flexibility index (Phi) is 6.58. The van der Waals surface area contributed by atoms with Gasteiger partial charge in [0, 0.05) is 18.5 Å². The van der Waals surface area contributed by atoms with Gasteiger partial charge < -0.3 is 11.1 Å². The van der Waals surface area contributed by atoms with Crippen molar-refractivity contribution in [3.05, 3.63) is 35.4 Å². The second-order valence-electron chi connectivity index (χ2n) is 6.99. The van der Waals surface area contributed by atoms with E-state index >= 15 is 0 Å². The number of amides is 1. The number of nitrogens with one attached hydrogen (secondary N) is 1. The third kappa shape index (κ3) is 4.25. The van der Waals surface area contributed by atoms with Crippen molar-refractivity contribution in [2.45, 2.75) is 57.0 Å². The Morgan fingerprint density at radius 1 is 1.21 bits per heavy atom. The second kappa shape index (κ2) is 8.26. The lowest BCUT2D eigenvalue weighted by Gasteiger charge is -2.45. The lowest BCUT2D eigenvalue weighted by Crippen LogP contribution is -2.53. The standard InChI is InChI=1S/C18H24F2N2O.ClH/c19-15-6-2-3-11(17(15)20)7-8-16(23)22-18-12-4-1-5-13(18)10-14(21)9-12;/h2-3,6,12-14,18H,1,4-5,7-10,21H2,(H,22,23);1H. The van der Waals surface area contributed by atoms with E-state index in [4.69, 9.17) is 5.73 Å². The van der Waals surface area contributed by atoms with Crippen LogP contribution >= 0.6 is 12.4 Å². The van der Waals surface area contributed by atoms with Crippen molar-refractivity contribution in [3.63, 3.8) is 0 Å². The van der Waals surface area contributed by atoms with Gasteiger partial charge in [0.15, 0.2) is 11.6 Å². The first-order valence-electron chi connectivity index (χ1n) is 8.52. The molecule has 0 heterocycles. The topological polar surface area (TPSA) is 55.1 Å². The highest BCUT2D eigenvalue weighted by atomic mass is 35.5. The number of aryl methyl sites for hydroxylation is 1. The van der Waals surface area contributed by atoms with Gasteiger partial charge in [-0.3, -0.25) is 4.79 Å². The molecule has 3 nitrogen and oxygen atoms in total. The SMILES string of the molecule is Cl.NC1CC2CCCC(C1)C2NC(=O)CCc1cccc(F)c1F. The molecule has 24 heavy (non-hydrogen) atoms. The van der Waals surface area contributed by atoms with Crippen LogP contribution in [0.3, 0.4) is 0 Å². The molecule has 2 atom stereocenters. The van der Waals surface area contributed by atoms with Gasteiger partial charge in [0.05, 0.1) is 0 Å². The number of halogens is 3. The normalized spacial score (nSPS) is 28.8. The summed E-state index contributed by atoms with van der Waals surface area (Å²) >= 11 is 0. The van der Waals surface area contributed by atoms with E-state index in [1.54, 1.807) is 0 Å². The highest BCUT2D eigenvalue weighted by Crippen LogP contribution is 2.39. The summed E-state index contributed by atoms with van der Waals surface area (Å²) in [6.07, 6.45) is 5.80. The van der Waals surface area contributed by atoms with Crippen LogP contribution in [0.4, 0.5) is 8.78 Å². The molecule has 0 spiro atoms. The zero-order valence-electron chi connectivity index (χ0n) is 13.6. The Bertz CT molecular complexity index is 570. The van der Waals surface area contributed by atoms with Crippen LogP contribution in [-0.2, 0) is 11.2 Å². The van der Waals surface area contributed by atoms with Gasteiger partial charge >= 0.3 is 0 Å². The summed E-state index contributed by atoms with van der Waals surface area (Å²) in [4.78, 5) is 12.2. The molecule has 3 rings (SSSR count). The molecule has 3 N–H and O–H groups in total. The number of carbonyl (C=O) groups is 1. The van der Waals surface area contributed by atoms with Crippen LogP contribution in [-0.4, -0.2) is 18.0 Å². The second-order valence-corrected chi connectivity index (χ2v) is 6.99. The molecule has 2 saturated carbocycles. The molecule has 2 unspecified atom stereocenters. The lowest BCUT2D eigenvalue weighted by molar-refractivity contribution is -0.123. The van der Waals surface area contributed by atoms with E-state index in [9.17, 15) is 13.6 Å². The molecule has 0 aromatic heterocycles. The van der Waals surface area contributed by atoms with Gasteiger partial charge in [-0.15, -0.1) is 12.4 Å². The van der Waals surface area contributed by atoms with E-state index in [1.165, 1.54) is 18.6 Å². The molecule has 134 valence electrons. The van der Waals surface area contributed by atoms with Gasteiger partial charge in [0.2, 0.25) is 5.91 Å². The summed E-state index contributed by atoms with van der Waals surface area (Å²) in [5.74, 6) is -0.856. The van der Waals surface area contributed by atoms with Gasteiger partial charge in [-0.2, -0.15) is 0 Å². The molecule has 2 bridgehead atoms. The number of hydrogen-bond donors (Lipinski definition) is 2. The summed E-state index contributed by atoms with van der Waals surface area (Å²) in [6.45, 7) is 0. The van der Waals surface area contributed by atoms with Crippen LogP contribution in [0.1, 0.15) is 44.1 Å². The van der Waals surface area contributed by atoms with Crippen molar-refractivity contribution in [2.24, 2.45) is 17.6 Å². The molecule has 0 radical (unpaired) electrons. The van der Waals surface area contributed by atoms with Crippen LogP contribution in [0, 0.1) is 23.5 Å². The molecule has 1 amide bonds. The van der Waals surface area contributed by atoms with Crippen LogP contribution in [0.15, 0.2) is 18.2 Å². The summed E-state index contributed by atoms with van der Waals surface area (Å²) in [5, 5.41) is 3.14. The molecule has 1 aromatic carbocycles. The maximum absolute atomic E-state index is 13.6. The predicted molar refractivity (Wildman–Crippen MR) is 91.9 cm³/mol. The summed E-state index contributed by atoms with van der Waals surface area (Å²) in [7, 11) is 0. The number of benzene rings is 1. The zero-order chi connectivity index (χ0) is 16.4. The third-order valence-electron chi connectivity index (χ3n) is 5.36.